The highest BCUT2D eigenvalue weighted by molar-refractivity contribution is 7.99. The minimum absolute atomic E-state index is 0.251. The zero-order valence-corrected chi connectivity index (χ0v) is 18.1. The summed E-state index contributed by atoms with van der Waals surface area (Å²) < 4.78 is 15.4. The molecule has 7 heteroatoms. The zero-order chi connectivity index (χ0) is 20.9. The van der Waals surface area contributed by atoms with Crippen molar-refractivity contribution >= 4 is 29.3 Å². The summed E-state index contributed by atoms with van der Waals surface area (Å²) >= 11 is 7.69. The van der Waals surface area contributed by atoms with Gasteiger partial charge in [-0.1, -0.05) is 23.4 Å². The Morgan fingerprint density at radius 3 is 2.47 bits per heavy atom. The number of likely N-dealkylation sites (tertiary alicyclic amines) is 1. The predicted octanol–water partition coefficient (Wildman–Crippen LogP) is 5.83. The smallest absolute Gasteiger partial charge is 0.222 e. The van der Waals surface area contributed by atoms with Crippen molar-refractivity contribution in [1.29, 1.82) is 0 Å². The molecule has 30 heavy (non-hydrogen) atoms. The quantitative estimate of drug-likeness (QED) is 0.340. The van der Waals surface area contributed by atoms with Crippen LogP contribution in [0.1, 0.15) is 25.7 Å². The molecular formula is C23H23ClFN3OS. The first-order chi connectivity index (χ1) is 14.6. The van der Waals surface area contributed by atoms with E-state index >= 15 is 0 Å². The highest BCUT2D eigenvalue weighted by atomic mass is 35.5. The topological polar surface area (TPSA) is 38.1 Å². The van der Waals surface area contributed by atoms with Crippen molar-refractivity contribution in [3.63, 3.8) is 0 Å². The minimum atomic E-state index is -0.270. The highest BCUT2D eigenvalue weighted by Gasteiger charge is 2.18. The van der Waals surface area contributed by atoms with Gasteiger partial charge in [-0.05, 0) is 67.8 Å². The van der Waals surface area contributed by atoms with Crippen molar-refractivity contribution in [1.82, 2.24) is 14.5 Å². The second-order valence-electron chi connectivity index (χ2n) is 7.28. The molecule has 0 bridgehead atoms. The third-order valence-corrected chi connectivity index (χ3v) is 6.47. The number of rotatable bonds is 7. The van der Waals surface area contributed by atoms with Gasteiger partial charge in [-0.2, -0.15) is 0 Å². The molecule has 1 aliphatic rings. The average molecular weight is 444 g/mol. The van der Waals surface area contributed by atoms with Crippen LogP contribution in [0.4, 0.5) is 4.39 Å². The van der Waals surface area contributed by atoms with Gasteiger partial charge in [0.2, 0.25) is 5.91 Å². The van der Waals surface area contributed by atoms with Crippen LogP contribution in [0, 0.1) is 5.82 Å². The molecule has 0 N–H and O–H groups in total. The number of carbonyl (C=O) groups excluding carboxylic acids is 1. The minimum Gasteiger partial charge on any atom is -0.343 e. The van der Waals surface area contributed by atoms with Crippen LogP contribution in [-0.2, 0) is 4.79 Å². The van der Waals surface area contributed by atoms with E-state index < -0.39 is 0 Å². The summed E-state index contributed by atoms with van der Waals surface area (Å²) in [5, 5.41) is 1.50. The number of imidazole rings is 1. The average Bonchev–Trinajstić information content (AvgIpc) is 3.43. The maximum absolute atomic E-state index is 13.4. The number of halogens is 2. The van der Waals surface area contributed by atoms with Crippen LogP contribution in [0.3, 0.4) is 0 Å². The van der Waals surface area contributed by atoms with Crippen LogP contribution in [0.25, 0.3) is 16.9 Å². The molecule has 156 valence electrons. The molecule has 4 rings (SSSR count). The van der Waals surface area contributed by atoms with E-state index in [1.54, 1.807) is 30.1 Å². The van der Waals surface area contributed by atoms with Crippen LogP contribution in [0.15, 0.2) is 59.9 Å². The predicted molar refractivity (Wildman–Crippen MR) is 120 cm³/mol. The number of amides is 1. The summed E-state index contributed by atoms with van der Waals surface area (Å²) in [7, 11) is 0. The Hall–Kier alpha value is -2.31. The van der Waals surface area contributed by atoms with E-state index in [1.165, 1.54) is 12.1 Å². The lowest BCUT2D eigenvalue weighted by atomic mass is 10.1. The molecule has 1 amide bonds. The Morgan fingerprint density at radius 1 is 1.07 bits per heavy atom. The number of benzene rings is 2. The van der Waals surface area contributed by atoms with E-state index in [4.69, 9.17) is 11.6 Å². The van der Waals surface area contributed by atoms with Crippen molar-refractivity contribution in [2.24, 2.45) is 0 Å². The molecule has 0 spiro atoms. The standard InChI is InChI=1S/C23H23ClFN3OS/c24-18-7-11-20(12-8-18)28-21(17-5-9-19(25)10-6-17)16-26-23(28)30-15-3-4-22(29)27-13-1-2-14-27/h5-12,16H,1-4,13-15H2. The monoisotopic (exact) mass is 443 g/mol. The number of carbonyl (C=O) groups is 1. The molecule has 0 unspecified atom stereocenters. The van der Waals surface area contributed by atoms with Gasteiger partial charge in [0.15, 0.2) is 5.16 Å². The van der Waals surface area contributed by atoms with E-state index in [0.29, 0.717) is 11.4 Å². The van der Waals surface area contributed by atoms with E-state index in [9.17, 15) is 9.18 Å². The first-order valence-corrected chi connectivity index (χ1v) is 11.5. The Labute approximate surface area is 185 Å². The number of nitrogens with zero attached hydrogens (tertiary/aromatic N) is 3. The molecule has 3 aromatic rings. The van der Waals surface area contributed by atoms with Crippen LogP contribution in [-0.4, -0.2) is 39.2 Å². The van der Waals surface area contributed by atoms with Gasteiger partial charge in [-0.15, -0.1) is 0 Å². The summed E-state index contributed by atoms with van der Waals surface area (Å²) in [6.45, 7) is 1.79. The molecule has 1 saturated heterocycles. The largest absolute Gasteiger partial charge is 0.343 e. The van der Waals surface area contributed by atoms with E-state index in [0.717, 1.165) is 60.2 Å². The fraction of sp³-hybridized carbons (Fsp3) is 0.304. The summed E-state index contributed by atoms with van der Waals surface area (Å²) in [6.07, 6.45) is 5.41. The van der Waals surface area contributed by atoms with Gasteiger partial charge < -0.3 is 4.90 Å². The highest BCUT2D eigenvalue weighted by Crippen LogP contribution is 2.31. The molecule has 0 radical (unpaired) electrons. The van der Waals surface area contributed by atoms with Crippen molar-refractivity contribution in [2.75, 3.05) is 18.8 Å². The van der Waals surface area contributed by atoms with Crippen LogP contribution >= 0.6 is 23.4 Å². The van der Waals surface area contributed by atoms with Gasteiger partial charge >= 0.3 is 0 Å². The summed E-state index contributed by atoms with van der Waals surface area (Å²) in [5.74, 6) is 0.780. The number of hydrogen-bond acceptors (Lipinski definition) is 3. The number of aromatic nitrogens is 2. The van der Waals surface area contributed by atoms with E-state index in [-0.39, 0.29) is 11.7 Å². The molecule has 0 saturated carbocycles. The first kappa shape index (κ1) is 20.9. The summed E-state index contributed by atoms with van der Waals surface area (Å²) in [6, 6.07) is 14.0. The molecule has 1 fully saturated rings. The number of hydrogen-bond donors (Lipinski definition) is 0. The van der Waals surface area contributed by atoms with Gasteiger partial charge in [0.05, 0.1) is 11.9 Å². The third-order valence-electron chi connectivity index (χ3n) is 5.18. The van der Waals surface area contributed by atoms with Crippen molar-refractivity contribution < 1.29 is 9.18 Å². The molecule has 1 aliphatic heterocycles. The maximum Gasteiger partial charge on any atom is 0.222 e. The van der Waals surface area contributed by atoms with Gasteiger partial charge in [0.1, 0.15) is 5.82 Å². The lowest BCUT2D eigenvalue weighted by Gasteiger charge is -2.15. The van der Waals surface area contributed by atoms with Crippen molar-refractivity contribution in [3.8, 4) is 16.9 Å². The number of thioether (sulfide) groups is 1. The Balaban J connectivity index is 1.51. The van der Waals surface area contributed by atoms with Crippen LogP contribution in [0.5, 0.6) is 0 Å². The summed E-state index contributed by atoms with van der Waals surface area (Å²) in [5.41, 5.74) is 2.70. The molecule has 2 aromatic carbocycles. The first-order valence-electron chi connectivity index (χ1n) is 10.1. The second kappa shape index (κ2) is 9.67. The Kier molecular flexibility index (Phi) is 6.75. The second-order valence-corrected chi connectivity index (χ2v) is 8.78. The van der Waals surface area contributed by atoms with Gasteiger partial charge in [0.25, 0.3) is 0 Å². The van der Waals surface area contributed by atoms with Gasteiger partial charge in [0, 0.05) is 41.5 Å². The van der Waals surface area contributed by atoms with Crippen molar-refractivity contribution in [3.05, 3.63) is 65.6 Å². The molecule has 1 aromatic heterocycles. The van der Waals surface area contributed by atoms with E-state index in [2.05, 4.69) is 9.55 Å². The molecule has 2 heterocycles. The molecule has 0 aliphatic carbocycles. The molecular weight excluding hydrogens is 421 g/mol. The fourth-order valence-corrected chi connectivity index (χ4v) is 4.67. The van der Waals surface area contributed by atoms with E-state index in [1.807, 2.05) is 29.2 Å². The zero-order valence-electron chi connectivity index (χ0n) is 16.6. The van der Waals surface area contributed by atoms with Crippen LogP contribution in [0.2, 0.25) is 5.02 Å². The van der Waals surface area contributed by atoms with Gasteiger partial charge in [-0.25, -0.2) is 9.37 Å². The third kappa shape index (κ3) is 4.87. The van der Waals surface area contributed by atoms with Crippen molar-refractivity contribution in [2.45, 2.75) is 30.8 Å². The van der Waals surface area contributed by atoms with Gasteiger partial charge in [-0.3, -0.25) is 9.36 Å². The Morgan fingerprint density at radius 2 is 1.77 bits per heavy atom. The normalized spacial score (nSPS) is 13.7. The lowest BCUT2D eigenvalue weighted by Crippen LogP contribution is -2.27. The Bertz CT molecular complexity index is 998. The van der Waals surface area contributed by atoms with Crippen LogP contribution < -0.4 is 0 Å². The fourth-order valence-electron chi connectivity index (χ4n) is 3.61. The molecule has 4 nitrogen and oxygen atoms in total. The SMILES string of the molecule is O=C(CCCSc1ncc(-c2ccc(F)cc2)n1-c1ccc(Cl)cc1)N1CCCC1. The maximum atomic E-state index is 13.4. The summed E-state index contributed by atoms with van der Waals surface area (Å²) in [4.78, 5) is 18.8. The molecule has 0 atom stereocenters. The lowest BCUT2D eigenvalue weighted by molar-refractivity contribution is -0.130.